The zero-order chi connectivity index (χ0) is 23.4. The van der Waals surface area contributed by atoms with Gasteiger partial charge in [-0.3, -0.25) is 9.59 Å². The molecule has 1 atom stereocenters. The van der Waals surface area contributed by atoms with Crippen LogP contribution in [0.4, 0.5) is 0 Å². The molecular formula is C24H26BrNO6. The molecular weight excluding hydrogens is 478 g/mol. The van der Waals surface area contributed by atoms with Gasteiger partial charge >= 0.3 is 0 Å². The number of aliphatic hydroxyl groups excluding tert-OH is 1. The van der Waals surface area contributed by atoms with Crippen molar-refractivity contribution in [3.8, 4) is 17.2 Å². The number of ketones is 1. The molecule has 1 heterocycles. The van der Waals surface area contributed by atoms with E-state index in [4.69, 9.17) is 14.2 Å². The van der Waals surface area contributed by atoms with Crippen LogP contribution in [-0.2, 0) is 9.59 Å². The summed E-state index contributed by atoms with van der Waals surface area (Å²) in [6.45, 7) is 2.38. The zero-order valence-corrected chi connectivity index (χ0v) is 20.1. The first-order chi connectivity index (χ1) is 15.4. The van der Waals surface area contributed by atoms with Crippen LogP contribution < -0.4 is 14.2 Å². The molecule has 2 aromatic rings. The number of likely N-dealkylation sites (tertiary alicyclic amines) is 1. The van der Waals surface area contributed by atoms with E-state index < -0.39 is 17.7 Å². The van der Waals surface area contributed by atoms with E-state index in [0.717, 1.165) is 6.42 Å². The Morgan fingerprint density at radius 3 is 2.38 bits per heavy atom. The van der Waals surface area contributed by atoms with Crippen LogP contribution in [0.5, 0.6) is 17.2 Å². The Morgan fingerprint density at radius 1 is 1.06 bits per heavy atom. The number of carbonyl (C=O) groups excluding carboxylic acids is 2. The molecule has 1 aliphatic rings. The highest BCUT2D eigenvalue weighted by Crippen LogP contribution is 2.45. The molecule has 0 aliphatic carbocycles. The Balaban J connectivity index is 2.25. The highest BCUT2D eigenvalue weighted by atomic mass is 79.9. The molecule has 0 saturated carbocycles. The number of para-hydroxylation sites is 1. The average molecular weight is 504 g/mol. The average Bonchev–Trinajstić information content (AvgIpc) is 3.06. The molecule has 1 saturated heterocycles. The quantitative estimate of drug-likeness (QED) is 0.319. The van der Waals surface area contributed by atoms with E-state index >= 15 is 0 Å². The van der Waals surface area contributed by atoms with Crippen LogP contribution >= 0.6 is 15.9 Å². The van der Waals surface area contributed by atoms with Gasteiger partial charge in [-0.15, -0.1) is 0 Å². The van der Waals surface area contributed by atoms with Gasteiger partial charge in [-0.25, -0.2) is 0 Å². The van der Waals surface area contributed by atoms with E-state index in [1.165, 1.54) is 26.2 Å². The lowest BCUT2D eigenvalue weighted by molar-refractivity contribution is -0.139. The van der Waals surface area contributed by atoms with Crippen molar-refractivity contribution in [2.24, 2.45) is 0 Å². The summed E-state index contributed by atoms with van der Waals surface area (Å²) in [4.78, 5) is 27.6. The van der Waals surface area contributed by atoms with E-state index in [-0.39, 0.29) is 11.3 Å². The minimum Gasteiger partial charge on any atom is -0.507 e. The second-order valence-electron chi connectivity index (χ2n) is 7.28. The van der Waals surface area contributed by atoms with Crippen LogP contribution in [0.25, 0.3) is 5.76 Å². The molecule has 1 aliphatic heterocycles. The molecule has 0 radical (unpaired) electrons. The Hall–Kier alpha value is -3.00. The highest BCUT2D eigenvalue weighted by molar-refractivity contribution is 9.10. The van der Waals surface area contributed by atoms with Gasteiger partial charge in [0, 0.05) is 17.7 Å². The summed E-state index contributed by atoms with van der Waals surface area (Å²) in [5, 5.41) is 11.2. The van der Waals surface area contributed by atoms with Crippen LogP contribution in [0.3, 0.4) is 0 Å². The van der Waals surface area contributed by atoms with Crippen molar-refractivity contribution >= 4 is 33.4 Å². The van der Waals surface area contributed by atoms with Gasteiger partial charge in [0.1, 0.15) is 11.5 Å². The van der Waals surface area contributed by atoms with Crippen molar-refractivity contribution in [3.63, 3.8) is 0 Å². The molecule has 170 valence electrons. The molecule has 2 aromatic carbocycles. The number of halogens is 1. The van der Waals surface area contributed by atoms with Crippen LogP contribution in [0, 0.1) is 0 Å². The number of hydrogen-bond acceptors (Lipinski definition) is 6. The van der Waals surface area contributed by atoms with Crippen LogP contribution in [0.15, 0.2) is 46.4 Å². The second-order valence-corrected chi connectivity index (χ2v) is 8.13. The summed E-state index contributed by atoms with van der Waals surface area (Å²) >= 11 is 3.40. The van der Waals surface area contributed by atoms with Gasteiger partial charge in [-0.2, -0.15) is 0 Å². The topological polar surface area (TPSA) is 85.3 Å². The number of hydrogen-bond donors (Lipinski definition) is 1. The number of carbonyl (C=O) groups is 2. The number of ether oxygens (including phenoxy) is 3. The number of aliphatic hydroxyl groups is 1. The summed E-state index contributed by atoms with van der Waals surface area (Å²) in [6.07, 6.45) is 1.56. The van der Waals surface area contributed by atoms with Crippen LogP contribution in [-0.4, -0.2) is 49.6 Å². The van der Waals surface area contributed by atoms with Crippen LogP contribution in [0.2, 0.25) is 0 Å². The summed E-state index contributed by atoms with van der Waals surface area (Å²) in [7, 11) is 4.55. The molecule has 1 N–H and O–H groups in total. The molecule has 1 amide bonds. The standard InChI is InChI=1S/C24H26BrNO6/c1-5-6-12-26-20(15-8-7-9-18(31-3)23(15)32-4)19(22(28)24(26)29)21(27)14-10-11-17(30-2)16(25)13-14/h7-11,13,20,27H,5-6,12H2,1-4H3/b21-19+. The van der Waals surface area contributed by atoms with Gasteiger partial charge < -0.3 is 24.2 Å². The molecule has 0 aromatic heterocycles. The number of Topliss-reactive ketones (excluding diaryl/α,β-unsaturated/α-hetero) is 1. The van der Waals surface area contributed by atoms with Crippen molar-refractivity contribution in [2.45, 2.75) is 25.8 Å². The fraction of sp³-hybridized carbons (Fsp3) is 0.333. The van der Waals surface area contributed by atoms with Gasteiger partial charge in [0.25, 0.3) is 11.7 Å². The highest BCUT2D eigenvalue weighted by Gasteiger charge is 2.47. The molecule has 0 spiro atoms. The lowest BCUT2D eigenvalue weighted by Crippen LogP contribution is -2.30. The summed E-state index contributed by atoms with van der Waals surface area (Å²) in [6, 6.07) is 9.42. The van der Waals surface area contributed by atoms with Gasteiger partial charge in [-0.1, -0.05) is 25.5 Å². The molecule has 32 heavy (non-hydrogen) atoms. The molecule has 0 bridgehead atoms. The Kier molecular flexibility index (Phi) is 7.45. The summed E-state index contributed by atoms with van der Waals surface area (Å²) < 4.78 is 16.9. The largest absolute Gasteiger partial charge is 0.507 e. The third kappa shape index (κ3) is 4.19. The minimum absolute atomic E-state index is 0.00900. The van der Waals surface area contributed by atoms with E-state index in [9.17, 15) is 14.7 Å². The maximum atomic E-state index is 13.1. The normalized spacial score (nSPS) is 17.5. The molecule has 3 rings (SSSR count). The maximum Gasteiger partial charge on any atom is 0.295 e. The summed E-state index contributed by atoms with van der Waals surface area (Å²) in [5.41, 5.74) is 0.962. The van der Waals surface area contributed by atoms with Crippen molar-refractivity contribution in [2.75, 3.05) is 27.9 Å². The predicted molar refractivity (Wildman–Crippen MR) is 124 cm³/mol. The van der Waals surface area contributed by atoms with Crippen molar-refractivity contribution in [3.05, 3.63) is 57.6 Å². The van der Waals surface area contributed by atoms with Crippen molar-refractivity contribution < 1.29 is 28.9 Å². The van der Waals surface area contributed by atoms with E-state index in [0.29, 0.717) is 45.8 Å². The first-order valence-electron chi connectivity index (χ1n) is 10.2. The Morgan fingerprint density at radius 2 is 1.78 bits per heavy atom. The third-order valence-electron chi connectivity index (χ3n) is 5.45. The van der Waals surface area contributed by atoms with Crippen LogP contribution in [0.1, 0.15) is 36.9 Å². The predicted octanol–water partition coefficient (Wildman–Crippen LogP) is 4.70. The third-order valence-corrected chi connectivity index (χ3v) is 6.07. The Labute approximate surface area is 195 Å². The number of methoxy groups -OCH3 is 3. The first-order valence-corrected chi connectivity index (χ1v) is 11.0. The molecule has 7 nitrogen and oxygen atoms in total. The van der Waals surface area contributed by atoms with E-state index in [1.807, 2.05) is 6.92 Å². The van der Waals surface area contributed by atoms with E-state index in [1.54, 1.807) is 36.4 Å². The number of nitrogens with zero attached hydrogens (tertiary/aromatic N) is 1. The zero-order valence-electron chi connectivity index (χ0n) is 18.5. The van der Waals surface area contributed by atoms with Crippen molar-refractivity contribution in [1.82, 2.24) is 4.90 Å². The lowest BCUT2D eigenvalue weighted by atomic mass is 9.94. The van der Waals surface area contributed by atoms with Crippen molar-refractivity contribution in [1.29, 1.82) is 0 Å². The molecule has 1 unspecified atom stereocenters. The minimum atomic E-state index is -0.813. The number of benzene rings is 2. The number of amides is 1. The molecule has 8 heteroatoms. The lowest BCUT2D eigenvalue weighted by Gasteiger charge is -2.27. The molecule has 1 fully saturated rings. The number of rotatable bonds is 8. The van der Waals surface area contributed by atoms with E-state index in [2.05, 4.69) is 15.9 Å². The van der Waals surface area contributed by atoms with Gasteiger partial charge in [0.05, 0.1) is 37.4 Å². The summed E-state index contributed by atoms with van der Waals surface area (Å²) in [5.74, 6) is -0.192. The Bertz CT molecular complexity index is 1060. The first kappa shape index (κ1) is 23.7. The smallest absolute Gasteiger partial charge is 0.295 e. The fourth-order valence-electron chi connectivity index (χ4n) is 3.86. The SMILES string of the molecule is CCCCN1C(=O)C(=O)/C(=C(/O)c2ccc(OC)c(Br)c2)C1c1cccc(OC)c1OC. The van der Waals surface area contributed by atoms with Gasteiger partial charge in [-0.05, 0) is 46.6 Å². The van der Waals surface area contributed by atoms with Gasteiger partial charge in [0.15, 0.2) is 11.5 Å². The van der Waals surface area contributed by atoms with Gasteiger partial charge in [0.2, 0.25) is 0 Å². The fourth-order valence-corrected chi connectivity index (χ4v) is 4.40. The monoisotopic (exact) mass is 503 g/mol. The maximum absolute atomic E-state index is 13.1. The second kappa shape index (κ2) is 10.1. The number of unbranched alkanes of at least 4 members (excludes halogenated alkanes) is 1.